The van der Waals surface area contributed by atoms with Crippen molar-refractivity contribution in [2.24, 2.45) is 0 Å². The minimum atomic E-state index is -1.58. The van der Waals surface area contributed by atoms with E-state index in [1.165, 1.54) is 37.3 Å². The lowest BCUT2D eigenvalue weighted by atomic mass is 10.0. The number of carbonyl (C=O) groups is 2. The van der Waals surface area contributed by atoms with Crippen LogP contribution in [0, 0.1) is 11.6 Å². The number of hydrogen-bond acceptors (Lipinski definition) is 5. The fourth-order valence-corrected chi connectivity index (χ4v) is 4.04. The van der Waals surface area contributed by atoms with Crippen LogP contribution in [0.3, 0.4) is 0 Å². The molecule has 3 aromatic carbocycles. The van der Waals surface area contributed by atoms with Crippen molar-refractivity contribution >= 4 is 44.2 Å². The summed E-state index contributed by atoms with van der Waals surface area (Å²) in [4.78, 5) is 28.7. The van der Waals surface area contributed by atoms with Crippen LogP contribution in [0.25, 0.3) is 21.0 Å². The highest BCUT2D eigenvalue weighted by Gasteiger charge is 2.31. The number of amides is 1. The summed E-state index contributed by atoms with van der Waals surface area (Å²) in [5.41, 5.74) is -1.23. The van der Waals surface area contributed by atoms with E-state index in [1.54, 1.807) is 30.3 Å². The maximum atomic E-state index is 14.7. The van der Waals surface area contributed by atoms with Gasteiger partial charge in [-0.3, -0.25) is 4.79 Å². The number of aromatic nitrogens is 1. The molecule has 9 heteroatoms. The predicted molar refractivity (Wildman–Crippen MR) is 117 cm³/mol. The fourth-order valence-electron chi connectivity index (χ4n) is 3.18. The zero-order valence-electron chi connectivity index (χ0n) is 17.1. The third-order valence-corrected chi connectivity index (χ3v) is 5.89. The van der Waals surface area contributed by atoms with Crippen LogP contribution in [0.4, 0.5) is 8.78 Å². The molecule has 0 atom stereocenters. The Hall–Kier alpha value is -3.59. The zero-order chi connectivity index (χ0) is 23.0. The molecule has 4 aromatic rings. The first-order valence-corrected chi connectivity index (χ1v) is 10.4. The second-order valence-electron chi connectivity index (χ2n) is 7.67. The van der Waals surface area contributed by atoms with Crippen LogP contribution < -0.4 is 10.1 Å². The zero-order valence-corrected chi connectivity index (χ0v) is 17.9. The Labute approximate surface area is 185 Å². The number of fused-ring (bicyclic) bond motifs is 2. The van der Waals surface area contributed by atoms with Crippen LogP contribution in [0.2, 0.25) is 0 Å². The van der Waals surface area contributed by atoms with Crippen molar-refractivity contribution in [2.45, 2.75) is 26.0 Å². The molecule has 0 radical (unpaired) electrons. The van der Waals surface area contributed by atoms with Gasteiger partial charge in [-0.05, 0) is 32.0 Å². The summed E-state index contributed by atoms with van der Waals surface area (Å²) in [5, 5.41) is 12.9. The van der Waals surface area contributed by atoms with E-state index in [2.05, 4.69) is 10.3 Å². The molecule has 0 aliphatic heterocycles. The summed E-state index contributed by atoms with van der Waals surface area (Å²) < 4.78 is 34.9. The second kappa shape index (κ2) is 8.16. The van der Waals surface area contributed by atoms with E-state index in [4.69, 9.17) is 4.74 Å². The standard InChI is InChI=1S/C23H18F2N2O4S/c1-23(2,22(29)30)27-21(28)15-10-16(25)13-5-3-4-6-14(13)20(15)31-11-19-26-17-9-12(24)7-8-18(17)32-19/h3-10H,11H2,1-2H3,(H,27,28)(H,29,30). The van der Waals surface area contributed by atoms with Gasteiger partial charge in [0.15, 0.2) is 0 Å². The number of hydrogen-bond donors (Lipinski definition) is 2. The number of aliphatic carboxylic acids is 1. The number of halogens is 2. The minimum absolute atomic E-state index is 0.0425. The summed E-state index contributed by atoms with van der Waals surface area (Å²) in [6.45, 7) is 2.61. The van der Waals surface area contributed by atoms with Crippen LogP contribution in [-0.4, -0.2) is 27.5 Å². The molecule has 32 heavy (non-hydrogen) atoms. The Kier molecular flexibility index (Phi) is 5.52. The Morgan fingerprint density at radius 1 is 1.12 bits per heavy atom. The lowest BCUT2D eigenvalue weighted by Crippen LogP contribution is -2.49. The molecule has 0 saturated carbocycles. The van der Waals surface area contributed by atoms with Gasteiger partial charge in [-0.25, -0.2) is 18.6 Å². The van der Waals surface area contributed by atoms with E-state index in [-0.39, 0.29) is 23.3 Å². The number of nitrogens with one attached hydrogen (secondary N) is 1. The maximum absolute atomic E-state index is 14.7. The van der Waals surface area contributed by atoms with Gasteiger partial charge >= 0.3 is 5.97 Å². The van der Waals surface area contributed by atoms with Crippen LogP contribution >= 0.6 is 11.3 Å². The first-order valence-electron chi connectivity index (χ1n) is 9.60. The summed E-state index contributed by atoms with van der Waals surface area (Å²) >= 11 is 1.31. The molecule has 0 aliphatic rings. The van der Waals surface area contributed by atoms with Gasteiger partial charge in [0, 0.05) is 16.8 Å². The number of carbonyl (C=O) groups excluding carboxylic acids is 1. The van der Waals surface area contributed by atoms with E-state index in [0.717, 1.165) is 10.8 Å². The molecule has 0 unspecified atom stereocenters. The highest BCUT2D eigenvalue weighted by molar-refractivity contribution is 7.18. The first kappa shape index (κ1) is 21.6. The lowest BCUT2D eigenvalue weighted by molar-refractivity contribution is -0.143. The molecule has 1 heterocycles. The molecule has 1 amide bonds. The number of carboxylic acids is 1. The molecule has 0 spiro atoms. The normalized spacial score (nSPS) is 11.6. The fraction of sp³-hybridized carbons (Fsp3) is 0.174. The van der Waals surface area contributed by atoms with Crippen molar-refractivity contribution < 1.29 is 28.2 Å². The van der Waals surface area contributed by atoms with Gasteiger partial charge in [0.1, 0.15) is 34.5 Å². The highest BCUT2D eigenvalue weighted by Crippen LogP contribution is 2.34. The summed E-state index contributed by atoms with van der Waals surface area (Å²) in [5.74, 6) is -2.97. The first-order chi connectivity index (χ1) is 15.2. The third kappa shape index (κ3) is 4.11. The Bertz CT molecular complexity index is 1370. The smallest absolute Gasteiger partial charge is 0.328 e. The third-order valence-electron chi connectivity index (χ3n) is 4.88. The van der Waals surface area contributed by atoms with Crippen molar-refractivity contribution in [1.29, 1.82) is 0 Å². The van der Waals surface area contributed by atoms with Crippen LogP contribution in [0.5, 0.6) is 5.75 Å². The summed E-state index contributed by atoms with van der Waals surface area (Å²) in [6.07, 6.45) is 0. The average molecular weight is 456 g/mol. The minimum Gasteiger partial charge on any atom is -0.485 e. The Balaban J connectivity index is 1.73. The molecular formula is C23H18F2N2O4S. The lowest BCUT2D eigenvalue weighted by Gasteiger charge is -2.22. The van der Waals surface area contributed by atoms with Crippen molar-refractivity contribution in [2.75, 3.05) is 0 Å². The van der Waals surface area contributed by atoms with E-state index in [0.29, 0.717) is 15.9 Å². The molecule has 2 N–H and O–H groups in total. The predicted octanol–water partition coefficient (Wildman–Crippen LogP) is 4.90. The largest absolute Gasteiger partial charge is 0.485 e. The quantitative estimate of drug-likeness (QED) is 0.431. The number of nitrogens with zero attached hydrogens (tertiary/aromatic N) is 1. The van der Waals surface area contributed by atoms with Gasteiger partial charge in [0.25, 0.3) is 5.91 Å². The molecule has 6 nitrogen and oxygen atoms in total. The Morgan fingerprint density at radius 2 is 1.84 bits per heavy atom. The van der Waals surface area contributed by atoms with Crippen molar-refractivity contribution in [1.82, 2.24) is 10.3 Å². The highest BCUT2D eigenvalue weighted by atomic mass is 32.1. The monoisotopic (exact) mass is 456 g/mol. The van der Waals surface area contributed by atoms with Gasteiger partial charge in [0.2, 0.25) is 0 Å². The molecule has 1 aromatic heterocycles. The van der Waals surface area contributed by atoms with E-state index in [1.807, 2.05) is 0 Å². The number of benzene rings is 3. The second-order valence-corrected chi connectivity index (χ2v) is 8.79. The molecule has 0 fully saturated rings. The SMILES string of the molecule is CC(C)(NC(=O)c1cc(F)c2ccccc2c1OCc1nc2cc(F)ccc2s1)C(=O)O. The topological polar surface area (TPSA) is 88.5 Å². The molecule has 164 valence electrons. The van der Waals surface area contributed by atoms with Crippen LogP contribution in [0.15, 0.2) is 48.5 Å². The van der Waals surface area contributed by atoms with Crippen LogP contribution in [-0.2, 0) is 11.4 Å². The van der Waals surface area contributed by atoms with E-state index < -0.39 is 29.0 Å². The molecular weight excluding hydrogens is 438 g/mol. The molecule has 0 saturated heterocycles. The van der Waals surface area contributed by atoms with Crippen molar-refractivity contribution in [3.8, 4) is 5.75 Å². The molecule has 4 rings (SSSR count). The summed E-state index contributed by atoms with van der Waals surface area (Å²) in [6, 6.07) is 11.8. The average Bonchev–Trinajstić information content (AvgIpc) is 3.14. The van der Waals surface area contributed by atoms with E-state index in [9.17, 15) is 23.5 Å². The van der Waals surface area contributed by atoms with Gasteiger partial charge in [-0.15, -0.1) is 11.3 Å². The Morgan fingerprint density at radius 3 is 2.56 bits per heavy atom. The van der Waals surface area contributed by atoms with Crippen molar-refractivity contribution in [3.63, 3.8) is 0 Å². The van der Waals surface area contributed by atoms with Gasteiger partial charge in [-0.1, -0.05) is 24.3 Å². The number of thiazole rings is 1. The number of carboxylic acid groups (broad SMARTS) is 1. The molecule has 0 bridgehead atoms. The number of ether oxygens (including phenoxy) is 1. The van der Waals surface area contributed by atoms with Gasteiger partial charge in [0.05, 0.1) is 15.8 Å². The van der Waals surface area contributed by atoms with Gasteiger partial charge < -0.3 is 15.2 Å². The van der Waals surface area contributed by atoms with Crippen molar-refractivity contribution in [3.05, 3.63) is 70.7 Å². The number of rotatable bonds is 6. The van der Waals surface area contributed by atoms with Gasteiger partial charge in [-0.2, -0.15) is 0 Å². The van der Waals surface area contributed by atoms with E-state index >= 15 is 0 Å². The summed E-state index contributed by atoms with van der Waals surface area (Å²) in [7, 11) is 0. The molecule has 0 aliphatic carbocycles. The maximum Gasteiger partial charge on any atom is 0.328 e. The van der Waals surface area contributed by atoms with Crippen LogP contribution in [0.1, 0.15) is 29.2 Å².